The van der Waals surface area contributed by atoms with Gasteiger partial charge in [0.15, 0.2) is 6.54 Å². The maximum atomic E-state index is 12.6. The van der Waals surface area contributed by atoms with E-state index < -0.39 is 0 Å². The molecule has 7 nitrogen and oxygen atoms in total. The predicted molar refractivity (Wildman–Crippen MR) is 117 cm³/mol. The molecule has 1 fully saturated rings. The van der Waals surface area contributed by atoms with Crippen LogP contribution in [0.2, 0.25) is 0 Å². The highest BCUT2D eigenvalue weighted by Gasteiger charge is 2.23. The Morgan fingerprint density at radius 1 is 1.03 bits per heavy atom. The molecule has 0 aliphatic carbocycles. The molecule has 0 radical (unpaired) electrons. The Balaban J connectivity index is 1.74. The number of rotatable bonds is 7. The average Bonchev–Trinajstić information content (AvgIpc) is 2.74. The number of carbonyl (C=O) groups is 2. The first-order chi connectivity index (χ1) is 14.5. The highest BCUT2D eigenvalue weighted by Crippen LogP contribution is 2.36. The minimum atomic E-state index is -0.254. The van der Waals surface area contributed by atoms with Crippen LogP contribution in [-0.2, 0) is 4.79 Å². The molecule has 2 aromatic rings. The van der Waals surface area contributed by atoms with Gasteiger partial charge in [0.05, 0.1) is 38.7 Å². The summed E-state index contributed by atoms with van der Waals surface area (Å²) in [5.74, 6) is 1.21. The van der Waals surface area contributed by atoms with Crippen LogP contribution in [0.15, 0.2) is 42.5 Å². The van der Waals surface area contributed by atoms with Crippen LogP contribution in [-0.4, -0.2) is 45.7 Å². The van der Waals surface area contributed by atoms with E-state index in [1.165, 1.54) is 25.5 Å². The summed E-state index contributed by atoms with van der Waals surface area (Å²) >= 11 is 0. The Morgan fingerprint density at radius 3 is 2.27 bits per heavy atom. The molecule has 1 saturated heterocycles. The summed E-state index contributed by atoms with van der Waals surface area (Å²) in [4.78, 5) is 26.4. The summed E-state index contributed by atoms with van der Waals surface area (Å²) in [5.41, 5.74) is 1.52. The molecule has 3 N–H and O–H groups in total. The monoisotopic (exact) mass is 412 g/mol. The van der Waals surface area contributed by atoms with E-state index in [2.05, 4.69) is 17.6 Å². The quantitative estimate of drug-likeness (QED) is 0.651. The topological polar surface area (TPSA) is 81.1 Å². The fourth-order valence-electron chi connectivity index (χ4n) is 3.86. The molecule has 0 aromatic heterocycles. The second-order valence-corrected chi connectivity index (χ2v) is 7.75. The second kappa shape index (κ2) is 10.1. The summed E-state index contributed by atoms with van der Waals surface area (Å²) in [6.45, 7) is 4.68. The van der Waals surface area contributed by atoms with E-state index in [-0.39, 0.29) is 11.8 Å². The molecular weight excluding hydrogens is 382 g/mol. The van der Waals surface area contributed by atoms with Crippen LogP contribution in [0, 0.1) is 5.92 Å². The Morgan fingerprint density at radius 2 is 1.67 bits per heavy atom. The van der Waals surface area contributed by atoms with E-state index >= 15 is 0 Å². The number of ether oxygens (including phenoxy) is 2. The highest BCUT2D eigenvalue weighted by atomic mass is 16.5. The number of amides is 2. The number of quaternary nitrogens is 1. The molecule has 2 atom stereocenters. The lowest BCUT2D eigenvalue weighted by atomic mass is 10.0. The molecule has 1 aliphatic rings. The summed E-state index contributed by atoms with van der Waals surface area (Å²) in [5, 5.41) is 5.78. The molecule has 1 unspecified atom stereocenters. The summed E-state index contributed by atoms with van der Waals surface area (Å²) in [6, 6.07) is 12.3. The van der Waals surface area contributed by atoms with Crippen LogP contribution in [0.25, 0.3) is 0 Å². The molecule has 2 amide bonds. The normalized spacial score (nSPS) is 18.4. The van der Waals surface area contributed by atoms with Crippen LogP contribution >= 0.6 is 0 Å². The number of nitrogens with one attached hydrogen (secondary N) is 3. The minimum absolute atomic E-state index is 0.0690. The first-order valence-corrected chi connectivity index (χ1v) is 10.3. The summed E-state index contributed by atoms with van der Waals surface area (Å²) < 4.78 is 10.9. The van der Waals surface area contributed by atoms with Gasteiger partial charge in [0.1, 0.15) is 11.5 Å². The lowest BCUT2D eigenvalue weighted by molar-refractivity contribution is -0.900. The van der Waals surface area contributed by atoms with Crippen molar-refractivity contribution in [3.05, 3.63) is 48.0 Å². The number of likely N-dealkylation sites (tertiary alicyclic amines) is 1. The van der Waals surface area contributed by atoms with Crippen LogP contribution in [0.4, 0.5) is 11.4 Å². The van der Waals surface area contributed by atoms with Crippen molar-refractivity contribution in [2.24, 2.45) is 5.92 Å². The molecule has 1 aliphatic heterocycles. The van der Waals surface area contributed by atoms with Crippen molar-refractivity contribution in [1.82, 2.24) is 0 Å². The maximum Gasteiger partial charge on any atom is 0.279 e. The highest BCUT2D eigenvalue weighted by molar-refractivity contribution is 6.05. The zero-order valence-corrected chi connectivity index (χ0v) is 17.8. The van der Waals surface area contributed by atoms with E-state index in [9.17, 15) is 9.59 Å². The predicted octanol–water partition coefficient (Wildman–Crippen LogP) is 2.21. The fourth-order valence-corrected chi connectivity index (χ4v) is 3.86. The SMILES string of the molecule is COc1cc(NC(=O)c2ccccc2)c(OC)cc1NC(=O)C[NH+]1CCC[C@H](C)C1. The lowest BCUT2D eigenvalue weighted by Gasteiger charge is -2.27. The molecule has 0 saturated carbocycles. The minimum Gasteiger partial charge on any atom is -0.494 e. The standard InChI is InChI=1S/C23H29N3O4/c1-16-8-7-11-26(14-16)15-22(27)24-18-12-21(30-3)19(13-20(18)29-2)25-23(28)17-9-5-4-6-10-17/h4-6,9-10,12-13,16H,7-8,11,14-15H2,1-3H3,(H,24,27)(H,25,28)/p+1/t16-/m0/s1. The number of carbonyl (C=O) groups excluding carboxylic acids is 2. The molecule has 160 valence electrons. The first-order valence-electron chi connectivity index (χ1n) is 10.3. The molecule has 3 rings (SSSR count). The number of benzene rings is 2. The van der Waals surface area contributed by atoms with Crippen molar-refractivity contribution in [3.8, 4) is 11.5 Å². The average molecular weight is 413 g/mol. The van der Waals surface area contributed by atoms with Crippen LogP contribution in [0.5, 0.6) is 11.5 Å². The van der Waals surface area contributed by atoms with Crippen LogP contribution < -0.4 is 25.0 Å². The molecule has 2 aromatic carbocycles. The van der Waals surface area contributed by atoms with Crippen molar-refractivity contribution >= 4 is 23.2 Å². The lowest BCUT2D eigenvalue weighted by Crippen LogP contribution is -3.14. The molecule has 0 spiro atoms. The van der Waals surface area contributed by atoms with Gasteiger partial charge in [-0.25, -0.2) is 0 Å². The van der Waals surface area contributed by atoms with E-state index in [0.29, 0.717) is 40.9 Å². The Hall–Kier alpha value is -3.06. The van der Waals surface area contributed by atoms with Gasteiger partial charge in [-0.2, -0.15) is 0 Å². The zero-order chi connectivity index (χ0) is 21.5. The number of hydrogen-bond acceptors (Lipinski definition) is 4. The van der Waals surface area contributed by atoms with Gasteiger partial charge in [-0.15, -0.1) is 0 Å². The van der Waals surface area contributed by atoms with Gasteiger partial charge in [0, 0.05) is 23.6 Å². The maximum absolute atomic E-state index is 12.6. The van der Waals surface area contributed by atoms with E-state index in [4.69, 9.17) is 9.47 Å². The van der Waals surface area contributed by atoms with Crippen molar-refractivity contribution in [2.75, 3.05) is 44.5 Å². The van der Waals surface area contributed by atoms with Gasteiger partial charge in [-0.3, -0.25) is 9.59 Å². The number of hydrogen-bond donors (Lipinski definition) is 3. The van der Waals surface area contributed by atoms with Gasteiger partial charge in [-0.1, -0.05) is 25.1 Å². The van der Waals surface area contributed by atoms with Gasteiger partial charge in [-0.05, 0) is 25.0 Å². The largest absolute Gasteiger partial charge is 0.494 e. The number of anilines is 2. The van der Waals surface area contributed by atoms with Crippen molar-refractivity contribution in [1.29, 1.82) is 0 Å². The number of piperidine rings is 1. The smallest absolute Gasteiger partial charge is 0.279 e. The molecule has 0 bridgehead atoms. The Bertz CT molecular complexity index is 886. The van der Waals surface area contributed by atoms with Gasteiger partial charge in [0.2, 0.25) is 0 Å². The van der Waals surface area contributed by atoms with Crippen LogP contribution in [0.1, 0.15) is 30.1 Å². The third kappa shape index (κ3) is 5.51. The summed E-state index contributed by atoms with van der Waals surface area (Å²) in [6.07, 6.45) is 2.38. The van der Waals surface area contributed by atoms with Crippen LogP contribution in [0.3, 0.4) is 0 Å². The Kier molecular flexibility index (Phi) is 7.30. The molecule has 1 heterocycles. The zero-order valence-electron chi connectivity index (χ0n) is 17.8. The first kappa shape index (κ1) is 21.6. The van der Waals surface area contributed by atoms with E-state index in [1.807, 2.05) is 6.07 Å². The van der Waals surface area contributed by atoms with Crippen molar-refractivity contribution in [2.45, 2.75) is 19.8 Å². The molecule has 30 heavy (non-hydrogen) atoms. The van der Waals surface area contributed by atoms with E-state index in [0.717, 1.165) is 19.5 Å². The molecule has 7 heteroatoms. The van der Waals surface area contributed by atoms with Crippen molar-refractivity contribution < 1.29 is 24.0 Å². The second-order valence-electron chi connectivity index (χ2n) is 7.75. The number of methoxy groups -OCH3 is 2. The van der Waals surface area contributed by atoms with Gasteiger partial charge >= 0.3 is 0 Å². The van der Waals surface area contributed by atoms with Gasteiger partial charge < -0.3 is 25.0 Å². The van der Waals surface area contributed by atoms with Crippen molar-refractivity contribution in [3.63, 3.8) is 0 Å². The Labute approximate surface area is 177 Å². The third-order valence-electron chi connectivity index (χ3n) is 5.35. The molecular formula is C23H30N3O4+. The fraction of sp³-hybridized carbons (Fsp3) is 0.391. The van der Waals surface area contributed by atoms with E-state index in [1.54, 1.807) is 36.4 Å². The third-order valence-corrected chi connectivity index (χ3v) is 5.35. The van der Waals surface area contributed by atoms with Gasteiger partial charge in [0.25, 0.3) is 11.8 Å². The summed E-state index contributed by atoms with van der Waals surface area (Å²) in [7, 11) is 3.04.